The molecule has 1 aliphatic rings. The maximum Gasteiger partial charge on any atom is 0.144 e. The molecule has 1 aromatic rings. The largest absolute Gasteiger partial charge is 0.397 e. The van der Waals surface area contributed by atoms with Crippen molar-refractivity contribution in [3.63, 3.8) is 0 Å². The van der Waals surface area contributed by atoms with Crippen molar-refractivity contribution < 1.29 is 5.11 Å². The molecule has 1 heterocycles. The number of hydrogen-bond donors (Lipinski definition) is 3. The van der Waals surface area contributed by atoms with E-state index in [0.29, 0.717) is 23.0 Å². The summed E-state index contributed by atoms with van der Waals surface area (Å²) in [5, 5.41) is 21.6. The molecule has 5 heteroatoms. The van der Waals surface area contributed by atoms with Crippen LogP contribution in [0, 0.1) is 17.2 Å². The van der Waals surface area contributed by atoms with Gasteiger partial charge in [-0.15, -0.1) is 0 Å². The quantitative estimate of drug-likeness (QED) is 0.751. The average molecular weight is 246 g/mol. The maximum atomic E-state index is 9.44. The van der Waals surface area contributed by atoms with E-state index in [4.69, 9.17) is 11.0 Å². The molecule has 0 amide bonds. The summed E-state index contributed by atoms with van der Waals surface area (Å²) in [5.41, 5.74) is 6.56. The highest BCUT2D eigenvalue weighted by Gasteiger charge is 2.19. The topological polar surface area (TPSA) is 95.0 Å². The number of nitrogens with two attached hydrogens (primary N) is 1. The van der Waals surface area contributed by atoms with Gasteiger partial charge in [0.2, 0.25) is 0 Å². The van der Waals surface area contributed by atoms with Crippen molar-refractivity contribution in [3.05, 3.63) is 17.8 Å². The molecular formula is C13H18N4O. The van der Waals surface area contributed by atoms with E-state index in [1.165, 1.54) is 0 Å². The second kappa shape index (κ2) is 5.69. The molecule has 1 saturated carbocycles. The van der Waals surface area contributed by atoms with Crippen molar-refractivity contribution in [1.82, 2.24) is 4.98 Å². The Morgan fingerprint density at radius 1 is 1.44 bits per heavy atom. The third kappa shape index (κ3) is 3.11. The fourth-order valence-electron chi connectivity index (χ4n) is 2.30. The first kappa shape index (κ1) is 12.7. The Morgan fingerprint density at radius 3 is 2.83 bits per heavy atom. The van der Waals surface area contributed by atoms with Crippen LogP contribution in [0.3, 0.4) is 0 Å². The minimum atomic E-state index is -0.134. The van der Waals surface area contributed by atoms with Crippen molar-refractivity contribution in [2.75, 3.05) is 17.6 Å². The SMILES string of the molecule is N#Cc1cc(N)cnc1NCC1CCC(O)CC1. The number of rotatable bonds is 3. The molecule has 4 N–H and O–H groups in total. The zero-order valence-corrected chi connectivity index (χ0v) is 10.3. The van der Waals surface area contributed by atoms with Crippen LogP contribution in [0.2, 0.25) is 0 Å². The zero-order chi connectivity index (χ0) is 13.0. The van der Waals surface area contributed by atoms with Gasteiger partial charge in [-0.3, -0.25) is 0 Å². The fourth-order valence-corrected chi connectivity index (χ4v) is 2.30. The number of nitrogens with zero attached hydrogens (tertiary/aromatic N) is 2. The normalized spacial score (nSPS) is 23.3. The first-order valence-electron chi connectivity index (χ1n) is 6.26. The zero-order valence-electron chi connectivity index (χ0n) is 10.3. The van der Waals surface area contributed by atoms with E-state index >= 15 is 0 Å². The minimum absolute atomic E-state index is 0.134. The van der Waals surface area contributed by atoms with E-state index in [-0.39, 0.29) is 6.10 Å². The van der Waals surface area contributed by atoms with Gasteiger partial charge < -0.3 is 16.2 Å². The van der Waals surface area contributed by atoms with Gasteiger partial charge in [0, 0.05) is 6.54 Å². The monoisotopic (exact) mass is 246 g/mol. The summed E-state index contributed by atoms with van der Waals surface area (Å²) >= 11 is 0. The highest BCUT2D eigenvalue weighted by atomic mass is 16.3. The van der Waals surface area contributed by atoms with Gasteiger partial charge in [0.1, 0.15) is 11.9 Å². The second-order valence-electron chi connectivity index (χ2n) is 4.83. The van der Waals surface area contributed by atoms with Crippen molar-refractivity contribution in [1.29, 1.82) is 5.26 Å². The summed E-state index contributed by atoms with van der Waals surface area (Å²) in [5.74, 6) is 1.14. The van der Waals surface area contributed by atoms with Gasteiger partial charge in [0.25, 0.3) is 0 Å². The maximum absolute atomic E-state index is 9.44. The Hall–Kier alpha value is -1.80. The highest BCUT2D eigenvalue weighted by molar-refractivity contribution is 5.57. The van der Waals surface area contributed by atoms with Crippen molar-refractivity contribution >= 4 is 11.5 Å². The highest BCUT2D eigenvalue weighted by Crippen LogP contribution is 2.25. The minimum Gasteiger partial charge on any atom is -0.397 e. The molecule has 18 heavy (non-hydrogen) atoms. The van der Waals surface area contributed by atoms with Gasteiger partial charge in [0.15, 0.2) is 0 Å². The Morgan fingerprint density at radius 2 is 2.17 bits per heavy atom. The third-order valence-corrected chi connectivity index (χ3v) is 3.40. The van der Waals surface area contributed by atoms with Crippen LogP contribution in [0.15, 0.2) is 12.3 Å². The molecule has 0 unspecified atom stereocenters. The lowest BCUT2D eigenvalue weighted by Gasteiger charge is -2.25. The second-order valence-corrected chi connectivity index (χ2v) is 4.83. The molecule has 1 aromatic heterocycles. The fraction of sp³-hybridized carbons (Fsp3) is 0.538. The van der Waals surface area contributed by atoms with Crippen LogP contribution in [0.1, 0.15) is 31.2 Å². The van der Waals surface area contributed by atoms with Crippen LogP contribution in [-0.2, 0) is 0 Å². The van der Waals surface area contributed by atoms with Gasteiger partial charge in [0.05, 0.1) is 23.6 Å². The summed E-state index contributed by atoms with van der Waals surface area (Å²) in [6.45, 7) is 0.790. The average Bonchev–Trinajstić information content (AvgIpc) is 2.39. The smallest absolute Gasteiger partial charge is 0.144 e. The Labute approximate surface area is 107 Å². The van der Waals surface area contributed by atoms with E-state index in [1.54, 1.807) is 12.3 Å². The number of nitriles is 1. The molecule has 0 saturated heterocycles. The molecule has 0 atom stereocenters. The summed E-state index contributed by atoms with van der Waals surface area (Å²) in [4.78, 5) is 4.14. The number of pyridine rings is 1. The Balaban J connectivity index is 1.92. The summed E-state index contributed by atoms with van der Waals surface area (Å²) in [6, 6.07) is 3.71. The summed E-state index contributed by atoms with van der Waals surface area (Å²) < 4.78 is 0. The predicted octanol–water partition coefficient (Wildman–Crippen LogP) is 1.50. The summed E-state index contributed by atoms with van der Waals surface area (Å²) in [7, 11) is 0. The van der Waals surface area contributed by atoms with Crippen molar-refractivity contribution in [2.24, 2.45) is 5.92 Å². The lowest BCUT2D eigenvalue weighted by atomic mass is 9.87. The first-order chi connectivity index (χ1) is 8.69. The molecule has 5 nitrogen and oxygen atoms in total. The first-order valence-corrected chi connectivity index (χ1v) is 6.26. The molecule has 0 radical (unpaired) electrons. The molecule has 2 rings (SSSR count). The van der Waals surface area contributed by atoms with E-state index < -0.39 is 0 Å². The molecule has 0 bridgehead atoms. The number of aliphatic hydroxyl groups is 1. The van der Waals surface area contributed by atoms with Gasteiger partial charge in [-0.25, -0.2) is 4.98 Å². The summed E-state index contributed by atoms with van der Waals surface area (Å²) in [6.07, 6.45) is 5.19. The van der Waals surface area contributed by atoms with Crippen molar-refractivity contribution in [3.8, 4) is 6.07 Å². The lowest BCUT2D eigenvalue weighted by molar-refractivity contribution is 0.111. The molecule has 0 spiro atoms. The number of aromatic nitrogens is 1. The third-order valence-electron chi connectivity index (χ3n) is 3.40. The van der Waals surface area contributed by atoms with Crippen LogP contribution in [0.4, 0.5) is 11.5 Å². The van der Waals surface area contributed by atoms with E-state index in [1.807, 2.05) is 0 Å². The van der Waals surface area contributed by atoms with Gasteiger partial charge in [-0.05, 0) is 37.7 Å². The van der Waals surface area contributed by atoms with Gasteiger partial charge in [-0.2, -0.15) is 5.26 Å². The molecule has 1 aliphatic carbocycles. The van der Waals surface area contributed by atoms with Crippen LogP contribution in [-0.4, -0.2) is 22.7 Å². The molecule has 0 aromatic carbocycles. The molecular weight excluding hydrogens is 228 g/mol. The number of nitrogens with one attached hydrogen (secondary N) is 1. The van der Waals surface area contributed by atoms with Crippen LogP contribution >= 0.6 is 0 Å². The van der Waals surface area contributed by atoms with Crippen molar-refractivity contribution in [2.45, 2.75) is 31.8 Å². The molecule has 0 aliphatic heterocycles. The number of anilines is 2. The number of aliphatic hydroxyl groups excluding tert-OH is 1. The predicted molar refractivity (Wildman–Crippen MR) is 69.8 cm³/mol. The number of hydrogen-bond acceptors (Lipinski definition) is 5. The Bertz CT molecular complexity index is 447. The molecule has 96 valence electrons. The van der Waals surface area contributed by atoms with E-state index in [2.05, 4.69) is 16.4 Å². The van der Waals surface area contributed by atoms with Gasteiger partial charge >= 0.3 is 0 Å². The van der Waals surface area contributed by atoms with Gasteiger partial charge in [-0.1, -0.05) is 0 Å². The Kier molecular flexibility index (Phi) is 4.00. The van der Waals surface area contributed by atoms with E-state index in [0.717, 1.165) is 32.2 Å². The molecule has 1 fully saturated rings. The number of nitrogen functional groups attached to an aromatic ring is 1. The van der Waals surface area contributed by atoms with E-state index in [9.17, 15) is 5.11 Å². The van der Waals surface area contributed by atoms with Crippen LogP contribution in [0.5, 0.6) is 0 Å². The standard InChI is InChI=1S/C13H18N4O/c14-6-10-5-11(15)8-17-13(10)16-7-9-1-3-12(18)4-2-9/h5,8-9,12,18H,1-4,7,15H2,(H,16,17). The lowest BCUT2D eigenvalue weighted by Crippen LogP contribution is -2.24. The van der Waals surface area contributed by atoms with Crippen LogP contribution in [0.25, 0.3) is 0 Å². The van der Waals surface area contributed by atoms with Crippen LogP contribution < -0.4 is 11.1 Å².